The van der Waals surface area contributed by atoms with E-state index in [1.807, 2.05) is 47.4 Å². The Labute approximate surface area is 156 Å². The lowest BCUT2D eigenvalue weighted by atomic mass is 10.1. The van der Waals surface area contributed by atoms with Crippen LogP contribution in [-0.2, 0) is 11.3 Å². The molecule has 25 heavy (non-hydrogen) atoms. The molecule has 0 fully saturated rings. The molecule has 0 aliphatic carbocycles. The first-order valence-corrected chi connectivity index (χ1v) is 8.85. The zero-order valence-electron chi connectivity index (χ0n) is 14.1. The van der Waals surface area contributed by atoms with Crippen molar-refractivity contribution < 1.29 is 14.3 Å². The Balaban J connectivity index is 1.92. The monoisotopic (exact) mass is 401 g/mol. The summed E-state index contributed by atoms with van der Waals surface area (Å²) < 4.78 is 11.9. The highest BCUT2D eigenvalue weighted by molar-refractivity contribution is 9.10. The van der Waals surface area contributed by atoms with Crippen molar-refractivity contribution in [3.63, 3.8) is 0 Å². The van der Waals surface area contributed by atoms with Crippen LogP contribution in [0.15, 0.2) is 59.6 Å². The molecular weight excluding hydrogens is 382 g/mol. The molecule has 0 spiro atoms. The van der Waals surface area contributed by atoms with Crippen molar-refractivity contribution in [2.45, 2.75) is 12.6 Å². The van der Waals surface area contributed by atoms with Gasteiger partial charge in [0.05, 0.1) is 26.4 Å². The summed E-state index contributed by atoms with van der Waals surface area (Å²) in [6, 6.07) is 13.4. The lowest BCUT2D eigenvalue weighted by Gasteiger charge is -2.28. The predicted octanol–water partition coefficient (Wildman–Crippen LogP) is 4.36. The third-order valence-electron chi connectivity index (χ3n) is 4.27. The zero-order chi connectivity index (χ0) is 17.8. The molecule has 5 heteroatoms. The van der Waals surface area contributed by atoms with Crippen molar-refractivity contribution >= 4 is 21.8 Å². The maximum atomic E-state index is 12.9. The zero-order valence-corrected chi connectivity index (χ0v) is 15.7. The number of fused-ring (bicyclic) bond motifs is 1. The van der Waals surface area contributed by atoms with Crippen molar-refractivity contribution in [3.05, 3.63) is 76.3 Å². The number of carbonyl (C=O) groups is 1. The Morgan fingerprint density at radius 2 is 2.16 bits per heavy atom. The SMILES string of the molecule is C=CCOC[C@H](c1cccc(OC)c1)N1Cc2ccc(Br)cc2C1=O. The Bertz CT molecular complexity index is 790. The van der Waals surface area contributed by atoms with Gasteiger partial charge in [0.25, 0.3) is 5.91 Å². The van der Waals surface area contributed by atoms with E-state index in [4.69, 9.17) is 9.47 Å². The highest BCUT2D eigenvalue weighted by Gasteiger charge is 2.33. The van der Waals surface area contributed by atoms with Gasteiger partial charge in [-0.05, 0) is 35.4 Å². The van der Waals surface area contributed by atoms with Gasteiger partial charge in [-0.1, -0.05) is 40.2 Å². The number of amides is 1. The number of halogens is 1. The summed E-state index contributed by atoms with van der Waals surface area (Å²) >= 11 is 3.44. The number of hydrogen-bond acceptors (Lipinski definition) is 3. The number of methoxy groups -OCH3 is 1. The van der Waals surface area contributed by atoms with Crippen LogP contribution in [0.25, 0.3) is 0 Å². The molecule has 0 bridgehead atoms. The Hall–Kier alpha value is -2.11. The molecule has 130 valence electrons. The molecule has 1 aliphatic heterocycles. The van der Waals surface area contributed by atoms with Gasteiger partial charge < -0.3 is 14.4 Å². The van der Waals surface area contributed by atoms with Crippen LogP contribution in [-0.4, -0.2) is 31.1 Å². The molecule has 1 atom stereocenters. The third-order valence-corrected chi connectivity index (χ3v) is 4.76. The van der Waals surface area contributed by atoms with E-state index in [9.17, 15) is 4.79 Å². The van der Waals surface area contributed by atoms with Gasteiger partial charge in [-0.3, -0.25) is 4.79 Å². The van der Waals surface area contributed by atoms with Gasteiger partial charge in [-0.15, -0.1) is 6.58 Å². The van der Waals surface area contributed by atoms with Crippen LogP contribution >= 0.6 is 15.9 Å². The fourth-order valence-corrected chi connectivity index (χ4v) is 3.39. The molecule has 3 rings (SSSR count). The smallest absolute Gasteiger partial charge is 0.255 e. The predicted molar refractivity (Wildman–Crippen MR) is 101 cm³/mol. The Kier molecular flexibility index (Phi) is 5.56. The van der Waals surface area contributed by atoms with Gasteiger partial charge >= 0.3 is 0 Å². The summed E-state index contributed by atoms with van der Waals surface area (Å²) in [6.07, 6.45) is 1.71. The van der Waals surface area contributed by atoms with E-state index >= 15 is 0 Å². The molecule has 0 N–H and O–H groups in total. The van der Waals surface area contributed by atoms with E-state index in [0.717, 1.165) is 26.9 Å². The Morgan fingerprint density at radius 1 is 1.32 bits per heavy atom. The summed E-state index contributed by atoms with van der Waals surface area (Å²) in [6.45, 7) is 5.10. The summed E-state index contributed by atoms with van der Waals surface area (Å²) in [5.74, 6) is 0.782. The lowest BCUT2D eigenvalue weighted by Crippen LogP contribution is -2.32. The second-order valence-corrected chi connectivity index (χ2v) is 6.77. The quantitative estimate of drug-likeness (QED) is 0.511. The molecule has 0 radical (unpaired) electrons. The van der Waals surface area contributed by atoms with Gasteiger partial charge in [0, 0.05) is 16.6 Å². The van der Waals surface area contributed by atoms with Crippen LogP contribution in [0.2, 0.25) is 0 Å². The van der Waals surface area contributed by atoms with Gasteiger partial charge in [0.2, 0.25) is 0 Å². The van der Waals surface area contributed by atoms with E-state index in [2.05, 4.69) is 22.5 Å². The fraction of sp³-hybridized carbons (Fsp3) is 0.250. The molecule has 0 saturated heterocycles. The molecule has 0 aromatic heterocycles. The van der Waals surface area contributed by atoms with Crippen molar-refractivity contribution in [2.24, 2.45) is 0 Å². The molecule has 4 nitrogen and oxygen atoms in total. The first-order valence-electron chi connectivity index (χ1n) is 8.06. The highest BCUT2D eigenvalue weighted by Crippen LogP contribution is 2.34. The van der Waals surface area contributed by atoms with Gasteiger partial charge in [0.15, 0.2) is 0 Å². The van der Waals surface area contributed by atoms with E-state index in [-0.39, 0.29) is 11.9 Å². The minimum Gasteiger partial charge on any atom is -0.497 e. The van der Waals surface area contributed by atoms with Gasteiger partial charge in [-0.2, -0.15) is 0 Å². The van der Waals surface area contributed by atoms with Crippen molar-refractivity contribution in [1.82, 2.24) is 4.90 Å². The topological polar surface area (TPSA) is 38.8 Å². The van der Waals surface area contributed by atoms with Crippen LogP contribution in [0.4, 0.5) is 0 Å². The first-order chi connectivity index (χ1) is 12.1. The number of hydrogen-bond donors (Lipinski definition) is 0. The molecule has 0 unspecified atom stereocenters. The van der Waals surface area contributed by atoms with Crippen LogP contribution in [0, 0.1) is 0 Å². The number of nitrogens with zero attached hydrogens (tertiary/aromatic N) is 1. The molecule has 0 saturated carbocycles. The summed E-state index contributed by atoms with van der Waals surface area (Å²) in [7, 11) is 1.64. The first kappa shape index (κ1) is 17.7. The van der Waals surface area contributed by atoms with Crippen molar-refractivity contribution in [1.29, 1.82) is 0 Å². The maximum absolute atomic E-state index is 12.9. The molecular formula is C20H20BrNO3. The third kappa shape index (κ3) is 3.78. The molecule has 1 heterocycles. The minimum absolute atomic E-state index is 0.0197. The second-order valence-electron chi connectivity index (χ2n) is 5.85. The lowest BCUT2D eigenvalue weighted by molar-refractivity contribution is 0.0498. The Morgan fingerprint density at radius 3 is 2.92 bits per heavy atom. The second kappa shape index (κ2) is 7.85. The molecule has 1 amide bonds. The molecule has 2 aromatic carbocycles. The number of ether oxygens (including phenoxy) is 2. The summed E-state index contributed by atoms with van der Waals surface area (Å²) in [5, 5.41) is 0. The van der Waals surface area contributed by atoms with Gasteiger partial charge in [0.1, 0.15) is 5.75 Å². The number of rotatable bonds is 7. The van der Waals surface area contributed by atoms with Crippen LogP contribution < -0.4 is 4.74 Å². The van der Waals surface area contributed by atoms with E-state index in [1.165, 1.54) is 0 Å². The van der Waals surface area contributed by atoms with Crippen LogP contribution in [0.1, 0.15) is 27.5 Å². The minimum atomic E-state index is -0.186. The van der Waals surface area contributed by atoms with Crippen molar-refractivity contribution in [2.75, 3.05) is 20.3 Å². The van der Waals surface area contributed by atoms with E-state index < -0.39 is 0 Å². The normalized spacial score (nSPS) is 14.3. The number of benzene rings is 2. The number of carbonyl (C=O) groups excluding carboxylic acids is 1. The summed E-state index contributed by atoms with van der Waals surface area (Å²) in [4.78, 5) is 14.8. The largest absolute Gasteiger partial charge is 0.497 e. The van der Waals surface area contributed by atoms with E-state index in [0.29, 0.717) is 19.8 Å². The molecule has 2 aromatic rings. The fourth-order valence-electron chi connectivity index (χ4n) is 3.03. The van der Waals surface area contributed by atoms with Crippen molar-refractivity contribution in [3.8, 4) is 5.75 Å². The van der Waals surface area contributed by atoms with Crippen LogP contribution in [0.3, 0.4) is 0 Å². The average molecular weight is 402 g/mol. The van der Waals surface area contributed by atoms with Gasteiger partial charge in [-0.25, -0.2) is 0 Å². The maximum Gasteiger partial charge on any atom is 0.255 e. The average Bonchev–Trinajstić information content (AvgIpc) is 2.95. The summed E-state index contributed by atoms with van der Waals surface area (Å²) in [5.41, 5.74) is 2.76. The molecule has 1 aliphatic rings. The standard InChI is InChI=1S/C20H20BrNO3/c1-3-9-25-13-19(14-5-4-6-17(10-14)24-2)22-12-15-7-8-16(21)11-18(15)20(22)23/h3-8,10-11,19H,1,9,12-13H2,2H3/t19-/m1/s1. The van der Waals surface area contributed by atoms with E-state index in [1.54, 1.807) is 13.2 Å². The highest BCUT2D eigenvalue weighted by atomic mass is 79.9. The van der Waals surface area contributed by atoms with Crippen LogP contribution in [0.5, 0.6) is 5.75 Å².